The van der Waals surface area contributed by atoms with Crippen molar-refractivity contribution < 1.29 is 27.4 Å². The fourth-order valence-electron chi connectivity index (χ4n) is 3.14. The average molecular weight is 399 g/mol. The molecule has 0 amide bonds. The standard InChI is InChI=1S/C17H25F3N2O3.ClH/c1-23-14-11-16(25-3)15(24-2)10-12(14)13(4-5-17(18,19)20)22-8-6-21-7-9-22;/h10-11,13,21H,4-9H2,1-3H3;1H/t13-;/m1./s1. The number of rotatable bonds is 7. The molecule has 0 unspecified atom stereocenters. The topological polar surface area (TPSA) is 43.0 Å². The van der Waals surface area contributed by atoms with Crippen LogP contribution in [0, 0.1) is 0 Å². The number of piperazine rings is 1. The zero-order valence-electron chi connectivity index (χ0n) is 15.2. The molecule has 1 aromatic rings. The number of nitrogens with one attached hydrogen (secondary N) is 1. The largest absolute Gasteiger partial charge is 0.496 e. The van der Waals surface area contributed by atoms with Gasteiger partial charge in [-0.25, -0.2) is 0 Å². The SMILES string of the molecule is COc1cc(OC)c([C@@H](CCC(F)(F)F)N2CCNCC2)cc1OC.Cl. The van der Waals surface area contributed by atoms with Crippen LogP contribution in [0.25, 0.3) is 0 Å². The molecule has 1 aliphatic heterocycles. The van der Waals surface area contributed by atoms with E-state index in [-0.39, 0.29) is 18.8 Å². The fourth-order valence-corrected chi connectivity index (χ4v) is 3.14. The van der Waals surface area contributed by atoms with E-state index in [1.165, 1.54) is 21.3 Å². The minimum atomic E-state index is -4.20. The van der Waals surface area contributed by atoms with Gasteiger partial charge in [0.25, 0.3) is 0 Å². The summed E-state index contributed by atoms with van der Waals surface area (Å²) in [6.07, 6.45) is -5.08. The number of ether oxygens (including phenoxy) is 3. The van der Waals surface area contributed by atoms with Gasteiger partial charge >= 0.3 is 6.18 Å². The Morgan fingerprint density at radius 2 is 1.54 bits per heavy atom. The van der Waals surface area contributed by atoms with Gasteiger partial charge in [0.1, 0.15) is 5.75 Å². The third kappa shape index (κ3) is 5.82. The summed E-state index contributed by atoms with van der Waals surface area (Å²) in [6, 6.07) is 2.98. The zero-order chi connectivity index (χ0) is 18.4. The van der Waals surface area contributed by atoms with Crippen molar-refractivity contribution in [2.24, 2.45) is 0 Å². The lowest BCUT2D eigenvalue weighted by Gasteiger charge is -2.36. The average Bonchev–Trinajstić information content (AvgIpc) is 2.61. The van der Waals surface area contributed by atoms with Crippen LogP contribution in [0.2, 0.25) is 0 Å². The molecule has 9 heteroatoms. The highest BCUT2D eigenvalue weighted by molar-refractivity contribution is 5.85. The van der Waals surface area contributed by atoms with Crippen molar-refractivity contribution in [1.29, 1.82) is 0 Å². The Hall–Kier alpha value is -1.38. The minimum Gasteiger partial charge on any atom is -0.496 e. The minimum absolute atomic E-state index is 0. The molecule has 1 aliphatic rings. The van der Waals surface area contributed by atoms with Crippen LogP contribution in [0.4, 0.5) is 13.2 Å². The summed E-state index contributed by atoms with van der Waals surface area (Å²) in [5, 5.41) is 3.22. The van der Waals surface area contributed by atoms with Crippen molar-refractivity contribution in [2.75, 3.05) is 47.5 Å². The highest BCUT2D eigenvalue weighted by Crippen LogP contribution is 2.42. The number of halogens is 4. The lowest BCUT2D eigenvalue weighted by Crippen LogP contribution is -2.45. The van der Waals surface area contributed by atoms with Crippen LogP contribution < -0.4 is 19.5 Å². The molecule has 1 N–H and O–H groups in total. The van der Waals surface area contributed by atoms with Crippen molar-refractivity contribution in [3.63, 3.8) is 0 Å². The van der Waals surface area contributed by atoms with Gasteiger partial charge in [0.2, 0.25) is 0 Å². The molecule has 1 saturated heterocycles. The predicted octanol–water partition coefficient (Wildman–Crippen LogP) is 3.42. The van der Waals surface area contributed by atoms with Crippen molar-refractivity contribution in [3.8, 4) is 17.2 Å². The van der Waals surface area contributed by atoms with E-state index in [2.05, 4.69) is 10.2 Å². The summed E-state index contributed by atoms with van der Waals surface area (Å²) in [6.45, 7) is 2.86. The number of benzene rings is 1. The molecule has 150 valence electrons. The van der Waals surface area contributed by atoms with E-state index in [9.17, 15) is 13.2 Å². The molecule has 0 spiro atoms. The Morgan fingerprint density at radius 3 is 2.04 bits per heavy atom. The van der Waals surface area contributed by atoms with Crippen LogP contribution in [-0.2, 0) is 0 Å². The second-order valence-electron chi connectivity index (χ2n) is 5.90. The molecule has 0 aliphatic carbocycles. The second kappa shape index (κ2) is 10.1. The van der Waals surface area contributed by atoms with Gasteiger partial charge in [-0.2, -0.15) is 13.2 Å². The summed E-state index contributed by atoms with van der Waals surface area (Å²) < 4.78 is 54.5. The molecule has 1 heterocycles. The maximum absolute atomic E-state index is 12.8. The van der Waals surface area contributed by atoms with E-state index >= 15 is 0 Å². The Morgan fingerprint density at radius 1 is 1.00 bits per heavy atom. The molecule has 1 aromatic carbocycles. The number of hydrogen-bond acceptors (Lipinski definition) is 5. The van der Waals surface area contributed by atoms with Gasteiger partial charge < -0.3 is 19.5 Å². The summed E-state index contributed by atoms with van der Waals surface area (Å²) >= 11 is 0. The Balaban J connectivity index is 0.00000338. The molecule has 2 rings (SSSR count). The molecule has 0 aromatic heterocycles. The van der Waals surface area contributed by atoms with Gasteiger partial charge in [0.05, 0.1) is 21.3 Å². The Kier molecular flexibility index (Phi) is 8.79. The molecule has 0 radical (unpaired) electrons. The first kappa shape index (κ1) is 22.7. The summed E-state index contributed by atoms with van der Waals surface area (Å²) in [7, 11) is 4.52. The van der Waals surface area contributed by atoms with Gasteiger partial charge in [-0.3, -0.25) is 4.90 Å². The number of hydrogen-bond donors (Lipinski definition) is 1. The number of methoxy groups -OCH3 is 3. The quantitative estimate of drug-likeness (QED) is 0.762. The lowest BCUT2D eigenvalue weighted by molar-refractivity contribution is -0.138. The molecular weight excluding hydrogens is 373 g/mol. The van der Waals surface area contributed by atoms with E-state index in [1.807, 2.05) is 0 Å². The van der Waals surface area contributed by atoms with Crippen molar-refractivity contribution >= 4 is 12.4 Å². The van der Waals surface area contributed by atoms with Gasteiger partial charge in [-0.15, -0.1) is 12.4 Å². The van der Waals surface area contributed by atoms with E-state index < -0.39 is 18.6 Å². The van der Waals surface area contributed by atoms with Gasteiger partial charge in [0.15, 0.2) is 11.5 Å². The highest BCUT2D eigenvalue weighted by atomic mass is 35.5. The molecule has 1 fully saturated rings. The van der Waals surface area contributed by atoms with Gasteiger partial charge in [-0.05, 0) is 12.5 Å². The van der Waals surface area contributed by atoms with Crippen LogP contribution >= 0.6 is 12.4 Å². The molecule has 26 heavy (non-hydrogen) atoms. The third-order valence-electron chi connectivity index (χ3n) is 4.39. The maximum Gasteiger partial charge on any atom is 0.389 e. The summed E-state index contributed by atoms with van der Waals surface area (Å²) in [5.41, 5.74) is 0.686. The highest BCUT2D eigenvalue weighted by Gasteiger charge is 2.33. The molecule has 5 nitrogen and oxygen atoms in total. The molecular formula is C17H26ClF3N2O3. The zero-order valence-corrected chi connectivity index (χ0v) is 16.0. The van der Waals surface area contributed by atoms with Crippen LogP contribution in [0.3, 0.4) is 0 Å². The summed E-state index contributed by atoms with van der Waals surface area (Å²) in [5.74, 6) is 1.46. The lowest BCUT2D eigenvalue weighted by atomic mass is 9.97. The van der Waals surface area contributed by atoms with E-state index in [0.29, 0.717) is 35.9 Å². The van der Waals surface area contributed by atoms with E-state index in [4.69, 9.17) is 14.2 Å². The van der Waals surface area contributed by atoms with Crippen LogP contribution in [0.15, 0.2) is 12.1 Å². The molecule has 0 saturated carbocycles. The monoisotopic (exact) mass is 398 g/mol. The third-order valence-corrected chi connectivity index (χ3v) is 4.39. The Labute approximate surface area is 158 Å². The normalized spacial score (nSPS) is 16.5. The number of nitrogens with zero attached hydrogens (tertiary/aromatic N) is 1. The van der Waals surface area contributed by atoms with Crippen molar-refractivity contribution in [1.82, 2.24) is 10.2 Å². The Bertz CT molecular complexity index is 567. The number of alkyl halides is 3. The van der Waals surface area contributed by atoms with E-state index in [1.54, 1.807) is 12.1 Å². The first-order valence-corrected chi connectivity index (χ1v) is 8.21. The smallest absolute Gasteiger partial charge is 0.389 e. The van der Waals surface area contributed by atoms with Crippen LogP contribution in [0.1, 0.15) is 24.4 Å². The maximum atomic E-state index is 12.8. The fraction of sp³-hybridized carbons (Fsp3) is 0.647. The predicted molar refractivity (Wildman–Crippen MR) is 95.8 cm³/mol. The summed E-state index contributed by atoms with van der Waals surface area (Å²) in [4.78, 5) is 2.06. The van der Waals surface area contributed by atoms with Crippen LogP contribution in [-0.4, -0.2) is 58.6 Å². The second-order valence-corrected chi connectivity index (χ2v) is 5.90. The van der Waals surface area contributed by atoms with Crippen molar-refractivity contribution in [3.05, 3.63) is 17.7 Å². The molecule has 1 atom stereocenters. The van der Waals surface area contributed by atoms with Crippen LogP contribution in [0.5, 0.6) is 17.2 Å². The van der Waals surface area contributed by atoms with Gasteiger partial charge in [-0.1, -0.05) is 0 Å². The van der Waals surface area contributed by atoms with Crippen molar-refractivity contribution in [2.45, 2.75) is 25.1 Å². The first-order valence-electron chi connectivity index (χ1n) is 8.21. The molecule has 0 bridgehead atoms. The first-order chi connectivity index (χ1) is 11.9. The van der Waals surface area contributed by atoms with E-state index in [0.717, 1.165) is 13.1 Å². The van der Waals surface area contributed by atoms with Gasteiger partial charge in [0, 0.05) is 50.3 Å².